The number of alkyl halides is 2. The lowest BCUT2D eigenvalue weighted by Gasteiger charge is -2.19. The topological polar surface area (TPSA) is 57.0 Å². The van der Waals surface area contributed by atoms with Gasteiger partial charge in [0.25, 0.3) is 0 Å². The van der Waals surface area contributed by atoms with Crippen molar-refractivity contribution in [2.45, 2.75) is 19.1 Å². The molecule has 7 heteroatoms. The zero-order chi connectivity index (χ0) is 18.8. The van der Waals surface area contributed by atoms with Gasteiger partial charge in [0, 0.05) is 37.2 Å². The maximum absolute atomic E-state index is 12.8. The summed E-state index contributed by atoms with van der Waals surface area (Å²) < 4.78 is 41.1. The third-order valence-electron chi connectivity index (χ3n) is 5.21. The highest BCUT2D eigenvalue weighted by Gasteiger charge is 2.33. The van der Waals surface area contributed by atoms with E-state index in [0.29, 0.717) is 42.0 Å². The van der Waals surface area contributed by atoms with Crippen molar-refractivity contribution in [1.82, 2.24) is 4.90 Å². The Morgan fingerprint density at radius 3 is 2.56 bits per heavy atom. The molecule has 0 saturated carbocycles. The first-order chi connectivity index (χ1) is 13.1. The van der Waals surface area contributed by atoms with Gasteiger partial charge in [-0.1, -0.05) is 30.3 Å². The largest absolute Gasteiger partial charge is 0.454 e. The highest BCUT2D eigenvalue weighted by atomic mass is 19.3. The third-order valence-corrected chi connectivity index (χ3v) is 5.21. The van der Waals surface area contributed by atoms with Gasteiger partial charge in [-0.25, -0.2) is 0 Å². The van der Waals surface area contributed by atoms with E-state index in [-0.39, 0.29) is 12.5 Å². The Balaban J connectivity index is 1.55. The van der Waals surface area contributed by atoms with Crippen LogP contribution in [0.4, 0.5) is 8.78 Å². The van der Waals surface area contributed by atoms with Crippen LogP contribution < -0.4 is 19.9 Å². The SMILES string of the molecule is NC[C@@H]1CN(Cc2cc3c(cc2OC(F)F)OCO3)C[C@H]1c1ccccc1. The summed E-state index contributed by atoms with van der Waals surface area (Å²) >= 11 is 0. The molecule has 0 spiro atoms. The first kappa shape index (κ1) is 18.0. The Morgan fingerprint density at radius 1 is 1.11 bits per heavy atom. The molecular weight excluding hydrogens is 354 g/mol. The lowest BCUT2D eigenvalue weighted by Crippen LogP contribution is -2.23. The second kappa shape index (κ2) is 7.70. The second-order valence-corrected chi connectivity index (χ2v) is 6.90. The molecule has 2 aliphatic heterocycles. The maximum atomic E-state index is 12.8. The van der Waals surface area contributed by atoms with Crippen LogP contribution in [-0.2, 0) is 6.54 Å². The molecule has 0 aliphatic carbocycles. The number of hydrogen-bond acceptors (Lipinski definition) is 5. The summed E-state index contributed by atoms with van der Waals surface area (Å²) in [6.45, 7) is -0.123. The molecule has 2 atom stereocenters. The minimum absolute atomic E-state index is 0.0853. The third kappa shape index (κ3) is 3.84. The number of halogens is 2. The van der Waals surface area contributed by atoms with Gasteiger partial charge in [-0.3, -0.25) is 4.90 Å². The van der Waals surface area contributed by atoms with Gasteiger partial charge in [0.2, 0.25) is 6.79 Å². The van der Waals surface area contributed by atoms with E-state index >= 15 is 0 Å². The Kier molecular flexibility index (Phi) is 5.13. The van der Waals surface area contributed by atoms with Crippen molar-refractivity contribution in [2.24, 2.45) is 11.7 Å². The highest BCUT2D eigenvalue weighted by molar-refractivity contribution is 5.52. The van der Waals surface area contributed by atoms with E-state index in [9.17, 15) is 8.78 Å². The van der Waals surface area contributed by atoms with Crippen LogP contribution in [0.25, 0.3) is 0 Å². The van der Waals surface area contributed by atoms with Crippen LogP contribution in [0, 0.1) is 5.92 Å². The first-order valence-corrected chi connectivity index (χ1v) is 8.98. The molecule has 1 fully saturated rings. The molecule has 27 heavy (non-hydrogen) atoms. The summed E-state index contributed by atoms with van der Waals surface area (Å²) in [6.07, 6.45) is 0. The van der Waals surface area contributed by atoms with E-state index in [1.165, 1.54) is 11.6 Å². The van der Waals surface area contributed by atoms with Crippen LogP contribution in [0.3, 0.4) is 0 Å². The molecule has 4 rings (SSSR count). The molecule has 0 amide bonds. The molecular formula is C20H22F2N2O3. The van der Waals surface area contributed by atoms with Crippen molar-refractivity contribution in [1.29, 1.82) is 0 Å². The molecule has 2 heterocycles. The monoisotopic (exact) mass is 376 g/mol. The van der Waals surface area contributed by atoms with E-state index in [2.05, 4.69) is 17.0 Å². The number of ether oxygens (including phenoxy) is 3. The van der Waals surface area contributed by atoms with E-state index < -0.39 is 6.61 Å². The molecule has 2 aromatic carbocycles. The Bertz CT molecular complexity index is 788. The predicted molar refractivity (Wildman–Crippen MR) is 96.2 cm³/mol. The molecule has 0 bridgehead atoms. The zero-order valence-corrected chi connectivity index (χ0v) is 14.8. The fourth-order valence-electron chi connectivity index (χ4n) is 3.94. The molecule has 2 aromatic rings. The van der Waals surface area contributed by atoms with Crippen molar-refractivity contribution in [3.05, 3.63) is 53.6 Å². The molecule has 2 aliphatic rings. The van der Waals surface area contributed by atoms with Crippen molar-refractivity contribution < 1.29 is 23.0 Å². The van der Waals surface area contributed by atoms with Crippen molar-refractivity contribution in [3.8, 4) is 17.2 Å². The van der Waals surface area contributed by atoms with Crippen LogP contribution >= 0.6 is 0 Å². The van der Waals surface area contributed by atoms with Crippen molar-refractivity contribution in [3.63, 3.8) is 0 Å². The molecule has 0 aromatic heterocycles. The van der Waals surface area contributed by atoms with Crippen LogP contribution in [0.15, 0.2) is 42.5 Å². The average Bonchev–Trinajstić information content (AvgIpc) is 3.28. The van der Waals surface area contributed by atoms with Crippen LogP contribution in [0.5, 0.6) is 17.2 Å². The predicted octanol–water partition coefficient (Wildman–Crippen LogP) is 3.19. The van der Waals surface area contributed by atoms with Gasteiger partial charge in [0.05, 0.1) is 0 Å². The van der Waals surface area contributed by atoms with Crippen molar-refractivity contribution in [2.75, 3.05) is 26.4 Å². The summed E-state index contributed by atoms with van der Waals surface area (Å²) in [5, 5.41) is 0. The summed E-state index contributed by atoms with van der Waals surface area (Å²) in [6, 6.07) is 13.5. The second-order valence-electron chi connectivity index (χ2n) is 6.90. The summed E-state index contributed by atoms with van der Waals surface area (Å²) in [7, 11) is 0. The van der Waals surface area contributed by atoms with Crippen molar-refractivity contribution >= 4 is 0 Å². The molecule has 0 radical (unpaired) electrons. The summed E-state index contributed by atoms with van der Waals surface area (Å²) in [5.74, 6) is 1.76. The lowest BCUT2D eigenvalue weighted by atomic mass is 9.89. The fraction of sp³-hybridized carbons (Fsp3) is 0.400. The van der Waals surface area contributed by atoms with Gasteiger partial charge in [-0.05, 0) is 24.1 Å². The van der Waals surface area contributed by atoms with E-state index in [4.69, 9.17) is 19.9 Å². The van der Waals surface area contributed by atoms with Gasteiger partial charge in [-0.15, -0.1) is 0 Å². The lowest BCUT2D eigenvalue weighted by molar-refractivity contribution is -0.0508. The van der Waals surface area contributed by atoms with Crippen LogP contribution in [0.2, 0.25) is 0 Å². The minimum Gasteiger partial charge on any atom is -0.454 e. The molecule has 0 unspecified atom stereocenters. The fourth-order valence-corrected chi connectivity index (χ4v) is 3.94. The number of nitrogens with zero attached hydrogens (tertiary/aromatic N) is 1. The Labute approximate surface area is 156 Å². The number of likely N-dealkylation sites (tertiary alicyclic amines) is 1. The standard InChI is InChI=1S/C20H22F2N2O3/c21-20(22)27-17-7-19-18(25-12-26-19)6-14(17)9-24-10-15(8-23)16(11-24)13-4-2-1-3-5-13/h1-7,15-16,20H,8-12,23H2/t15-,16+/m1/s1. The smallest absolute Gasteiger partial charge is 0.387 e. The quantitative estimate of drug-likeness (QED) is 0.839. The molecule has 2 N–H and O–H groups in total. The van der Waals surface area contributed by atoms with E-state index in [1.807, 2.05) is 18.2 Å². The number of nitrogens with two attached hydrogens (primary N) is 1. The molecule has 5 nitrogen and oxygen atoms in total. The number of fused-ring (bicyclic) bond motifs is 1. The van der Waals surface area contributed by atoms with E-state index in [1.54, 1.807) is 6.07 Å². The van der Waals surface area contributed by atoms with Gasteiger partial charge < -0.3 is 19.9 Å². The first-order valence-electron chi connectivity index (χ1n) is 8.98. The minimum atomic E-state index is -2.89. The summed E-state index contributed by atoms with van der Waals surface area (Å²) in [5.41, 5.74) is 7.91. The van der Waals surface area contributed by atoms with Gasteiger partial charge in [0.1, 0.15) is 5.75 Å². The summed E-state index contributed by atoms with van der Waals surface area (Å²) in [4.78, 5) is 2.23. The number of benzene rings is 2. The van der Waals surface area contributed by atoms with Gasteiger partial charge in [-0.2, -0.15) is 8.78 Å². The highest BCUT2D eigenvalue weighted by Crippen LogP contribution is 2.40. The maximum Gasteiger partial charge on any atom is 0.387 e. The Hall–Kier alpha value is -2.38. The van der Waals surface area contributed by atoms with Gasteiger partial charge >= 0.3 is 6.61 Å². The average molecular weight is 376 g/mol. The van der Waals surface area contributed by atoms with E-state index in [0.717, 1.165) is 13.1 Å². The van der Waals surface area contributed by atoms with Gasteiger partial charge in [0.15, 0.2) is 11.5 Å². The normalized spacial score (nSPS) is 21.8. The number of hydrogen-bond donors (Lipinski definition) is 1. The zero-order valence-electron chi connectivity index (χ0n) is 14.8. The van der Waals surface area contributed by atoms with Crippen LogP contribution in [0.1, 0.15) is 17.0 Å². The number of rotatable bonds is 6. The van der Waals surface area contributed by atoms with Crippen LogP contribution in [-0.4, -0.2) is 37.9 Å². The molecule has 144 valence electrons. The Morgan fingerprint density at radius 2 is 1.85 bits per heavy atom. The molecule has 1 saturated heterocycles.